The summed E-state index contributed by atoms with van der Waals surface area (Å²) in [6, 6.07) is 15.1. The minimum atomic E-state index is -0.580. The Bertz CT molecular complexity index is 1160. The number of hydrogen-bond acceptors (Lipinski definition) is 7. The first-order chi connectivity index (χ1) is 15.5. The molecule has 0 aliphatic carbocycles. The first kappa shape index (κ1) is 21.2. The lowest BCUT2D eigenvalue weighted by atomic mass is 9.83. The van der Waals surface area contributed by atoms with E-state index in [1.807, 2.05) is 6.07 Å². The molecule has 4 rings (SSSR count). The topological polar surface area (TPSA) is 91.3 Å². The molecule has 1 aliphatic rings. The zero-order valence-corrected chi connectivity index (χ0v) is 17.9. The number of ketones is 1. The molecule has 0 saturated carbocycles. The molecule has 7 heteroatoms. The highest BCUT2D eigenvalue weighted by Crippen LogP contribution is 2.48. The fourth-order valence-corrected chi connectivity index (χ4v) is 3.96. The van der Waals surface area contributed by atoms with Gasteiger partial charge in [0.05, 0.1) is 33.3 Å². The Balaban J connectivity index is 1.88. The van der Waals surface area contributed by atoms with Crippen LogP contribution < -0.4 is 18.9 Å². The molecule has 1 heterocycles. The van der Waals surface area contributed by atoms with Gasteiger partial charge in [-0.15, -0.1) is 0 Å². The highest BCUT2D eigenvalue weighted by atomic mass is 16.5. The number of methoxy groups -OCH3 is 3. The second-order valence-electron chi connectivity index (χ2n) is 7.26. The standard InChI is InChI=1S/C25H22O7/c1-29-19-11-15(12-20(30-2)25(19)31-3)17-13-21(26)32-18-10-9-16(24(28)22(17)18)23(27)14-7-5-4-6-8-14/h4-12,17,28H,13H2,1-3H3/t17-/m1/s1. The Morgan fingerprint density at radius 1 is 0.969 bits per heavy atom. The van der Waals surface area contributed by atoms with Crippen molar-refractivity contribution < 1.29 is 33.6 Å². The summed E-state index contributed by atoms with van der Waals surface area (Å²) in [5.41, 5.74) is 1.59. The van der Waals surface area contributed by atoms with Crippen molar-refractivity contribution in [1.82, 2.24) is 0 Å². The van der Waals surface area contributed by atoms with Crippen LogP contribution in [0.1, 0.15) is 39.4 Å². The van der Waals surface area contributed by atoms with Gasteiger partial charge in [0, 0.05) is 17.0 Å². The van der Waals surface area contributed by atoms with Crippen LogP contribution in [-0.4, -0.2) is 38.2 Å². The van der Waals surface area contributed by atoms with E-state index >= 15 is 0 Å². The molecule has 3 aromatic rings. The lowest BCUT2D eigenvalue weighted by Gasteiger charge is -2.27. The largest absolute Gasteiger partial charge is 0.507 e. The van der Waals surface area contributed by atoms with Crippen LogP contribution >= 0.6 is 0 Å². The predicted molar refractivity (Wildman–Crippen MR) is 116 cm³/mol. The minimum Gasteiger partial charge on any atom is -0.507 e. The molecular formula is C25H22O7. The number of carbonyl (C=O) groups is 2. The summed E-state index contributed by atoms with van der Waals surface area (Å²) in [7, 11) is 4.50. The summed E-state index contributed by atoms with van der Waals surface area (Å²) >= 11 is 0. The molecule has 0 radical (unpaired) electrons. The van der Waals surface area contributed by atoms with Gasteiger partial charge in [-0.05, 0) is 29.8 Å². The first-order valence-corrected chi connectivity index (χ1v) is 9.94. The van der Waals surface area contributed by atoms with Gasteiger partial charge in [-0.3, -0.25) is 9.59 Å². The Morgan fingerprint density at radius 3 is 2.22 bits per heavy atom. The molecule has 0 spiro atoms. The van der Waals surface area contributed by atoms with E-state index in [4.69, 9.17) is 18.9 Å². The SMILES string of the molecule is COc1cc([C@H]2CC(=O)Oc3ccc(C(=O)c4ccccc4)c(O)c32)cc(OC)c1OC. The molecule has 0 aromatic heterocycles. The Hall–Kier alpha value is -4.00. The van der Waals surface area contributed by atoms with E-state index in [1.54, 1.807) is 36.4 Å². The average molecular weight is 434 g/mol. The number of phenols is 1. The second-order valence-corrected chi connectivity index (χ2v) is 7.26. The molecule has 3 aromatic carbocycles. The van der Waals surface area contributed by atoms with Crippen LogP contribution in [0.25, 0.3) is 0 Å². The number of hydrogen-bond donors (Lipinski definition) is 1. The normalized spacial score (nSPS) is 14.8. The molecule has 0 bridgehead atoms. The quantitative estimate of drug-likeness (QED) is 0.355. The number of phenolic OH excluding ortho intramolecular Hbond substituents is 1. The number of ether oxygens (including phenoxy) is 4. The van der Waals surface area contributed by atoms with Gasteiger partial charge in [0.15, 0.2) is 17.3 Å². The third-order valence-corrected chi connectivity index (χ3v) is 5.49. The molecule has 32 heavy (non-hydrogen) atoms. The summed E-state index contributed by atoms with van der Waals surface area (Å²) in [6.07, 6.45) is -0.0256. The molecule has 1 atom stereocenters. The molecule has 0 saturated heterocycles. The number of carbonyl (C=O) groups excluding carboxylic acids is 2. The number of esters is 1. The lowest BCUT2D eigenvalue weighted by Crippen LogP contribution is -2.22. The summed E-state index contributed by atoms with van der Waals surface area (Å²) in [5.74, 6) is -0.122. The van der Waals surface area contributed by atoms with Crippen molar-refractivity contribution >= 4 is 11.8 Å². The van der Waals surface area contributed by atoms with Gasteiger partial charge < -0.3 is 24.1 Å². The van der Waals surface area contributed by atoms with E-state index in [0.29, 0.717) is 33.9 Å². The van der Waals surface area contributed by atoms with Crippen LogP contribution in [0.15, 0.2) is 54.6 Å². The third-order valence-electron chi connectivity index (χ3n) is 5.49. The molecule has 7 nitrogen and oxygen atoms in total. The fourth-order valence-electron chi connectivity index (χ4n) is 3.96. The molecule has 0 unspecified atom stereocenters. The van der Waals surface area contributed by atoms with Crippen LogP contribution in [0.5, 0.6) is 28.7 Å². The van der Waals surface area contributed by atoms with Gasteiger partial charge in [0.2, 0.25) is 5.75 Å². The number of rotatable bonds is 6. The second kappa shape index (κ2) is 8.63. The van der Waals surface area contributed by atoms with Crippen LogP contribution in [-0.2, 0) is 4.79 Å². The summed E-state index contributed by atoms with van der Waals surface area (Å²) in [6.45, 7) is 0. The smallest absolute Gasteiger partial charge is 0.312 e. The van der Waals surface area contributed by atoms with Crippen molar-refractivity contribution in [1.29, 1.82) is 0 Å². The third kappa shape index (κ3) is 3.62. The van der Waals surface area contributed by atoms with E-state index in [2.05, 4.69) is 0 Å². The van der Waals surface area contributed by atoms with Gasteiger partial charge in [0.1, 0.15) is 11.5 Å². The molecular weight excluding hydrogens is 412 g/mol. The highest BCUT2D eigenvalue weighted by molar-refractivity contribution is 6.11. The van der Waals surface area contributed by atoms with Crippen molar-refractivity contribution in [2.45, 2.75) is 12.3 Å². The van der Waals surface area contributed by atoms with Crippen LogP contribution in [0.4, 0.5) is 0 Å². The number of benzene rings is 3. The van der Waals surface area contributed by atoms with E-state index in [1.165, 1.54) is 33.5 Å². The van der Waals surface area contributed by atoms with Gasteiger partial charge in [-0.25, -0.2) is 0 Å². The van der Waals surface area contributed by atoms with Gasteiger partial charge in [-0.1, -0.05) is 30.3 Å². The van der Waals surface area contributed by atoms with Crippen LogP contribution in [0.2, 0.25) is 0 Å². The van der Waals surface area contributed by atoms with Crippen LogP contribution in [0, 0.1) is 0 Å². The Morgan fingerprint density at radius 2 is 1.62 bits per heavy atom. The fraction of sp³-hybridized carbons (Fsp3) is 0.200. The maximum Gasteiger partial charge on any atom is 0.312 e. The first-order valence-electron chi connectivity index (χ1n) is 9.94. The molecule has 0 amide bonds. The molecule has 164 valence electrons. The van der Waals surface area contributed by atoms with Crippen molar-refractivity contribution in [3.8, 4) is 28.7 Å². The van der Waals surface area contributed by atoms with E-state index in [9.17, 15) is 14.7 Å². The Labute approximate surface area is 185 Å². The average Bonchev–Trinajstić information content (AvgIpc) is 2.82. The number of aromatic hydroxyl groups is 1. The zero-order valence-electron chi connectivity index (χ0n) is 17.9. The van der Waals surface area contributed by atoms with Gasteiger partial charge in [0.25, 0.3) is 0 Å². The van der Waals surface area contributed by atoms with Crippen molar-refractivity contribution in [2.75, 3.05) is 21.3 Å². The van der Waals surface area contributed by atoms with E-state index in [0.717, 1.165) is 0 Å². The van der Waals surface area contributed by atoms with Crippen LogP contribution in [0.3, 0.4) is 0 Å². The predicted octanol–water partition coefficient (Wildman–Crippen LogP) is 4.09. The summed E-state index contributed by atoms with van der Waals surface area (Å²) in [4.78, 5) is 25.4. The zero-order chi connectivity index (χ0) is 22.8. The Kier molecular flexibility index (Phi) is 5.73. The van der Waals surface area contributed by atoms with Crippen molar-refractivity contribution in [3.63, 3.8) is 0 Å². The minimum absolute atomic E-state index is 0.0256. The van der Waals surface area contributed by atoms with Gasteiger partial charge >= 0.3 is 5.97 Å². The van der Waals surface area contributed by atoms with Gasteiger partial charge in [-0.2, -0.15) is 0 Å². The summed E-state index contributed by atoms with van der Waals surface area (Å²) in [5, 5.41) is 11.1. The monoisotopic (exact) mass is 434 g/mol. The molecule has 0 fully saturated rings. The highest BCUT2D eigenvalue weighted by Gasteiger charge is 2.34. The van der Waals surface area contributed by atoms with E-state index in [-0.39, 0.29) is 29.3 Å². The summed E-state index contributed by atoms with van der Waals surface area (Å²) < 4.78 is 21.6. The molecule has 1 aliphatic heterocycles. The lowest BCUT2D eigenvalue weighted by molar-refractivity contribution is -0.135. The van der Waals surface area contributed by atoms with Crippen molar-refractivity contribution in [2.24, 2.45) is 0 Å². The number of fused-ring (bicyclic) bond motifs is 1. The molecule has 1 N–H and O–H groups in total. The maximum atomic E-state index is 13.0. The van der Waals surface area contributed by atoms with Crippen molar-refractivity contribution in [3.05, 3.63) is 76.9 Å². The van der Waals surface area contributed by atoms with E-state index < -0.39 is 11.9 Å². The maximum absolute atomic E-state index is 13.0.